The second-order valence-electron chi connectivity index (χ2n) is 4.96. The average Bonchev–Trinajstić information content (AvgIpc) is 2.96. The Morgan fingerprint density at radius 3 is 2.84 bits per heavy atom. The fourth-order valence-corrected chi connectivity index (χ4v) is 2.65. The Kier molecular flexibility index (Phi) is 3.07. The first-order valence-electron chi connectivity index (χ1n) is 6.58. The van der Waals surface area contributed by atoms with E-state index in [4.69, 9.17) is 5.11 Å². The van der Waals surface area contributed by atoms with Crippen LogP contribution in [0.2, 0.25) is 0 Å². The van der Waals surface area contributed by atoms with Gasteiger partial charge in [-0.05, 0) is 24.8 Å². The predicted octanol–water partition coefficient (Wildman–Crippen LogP) is 2.31. The van der Waals surface area contributed by atoms with E-state index in [-0.39, 0.29) is 0 Å². The third-order valence-corrected chi connectivity index (χ3v) is 3.66. The first-order valence-corrected chi connectivity index (χ1v) is 6.58. The van der Waals surface area contributed by atoms with E-state index in [1.165, 1.54) is 5.56 Å². The van der Waals surface area contributed by atoms with Crippen molar-refractivity contribution in [3.8, 4) is 0 Å². The summed E-state index contributed by atoms with van der Waals surface area (Å²) in [4.78, 5) is 18.8. The minimum absolute atomic E-state index is 0.420. The van der Waals surface area contributed by atoms with Crippen LogP contribution in [-0.4, -0.2) is 21.0 Å². The summed E-state index contributed by atoms with van der Waals surface area (Å²) in [5.41, 5.74) is 3.03. The Morgan fingerprint density at radius 2 is 2.11 bits per heavy atom. The van der Waals surface area contributed by atoms with Crippen LogP contribution in [0.5, 0.6) is 0 Å². The normalized spacial score (nSPS) is 17.4. The Hall–Kier alpha value is -2.10. The molecule has 3 rings (SSSR count). The maximum Gasteiger partial charge on any atom is 0.312 e. The molecule has 0 fully saturated rings. The number of aromatic amines is 1. The fourth-order valence-electron chi connectivity index (χ4n) is 2.65. The average molecular weight is 256 g/mol. The number of nitrogens with zero attached hydrogens (tertiary/aromatic N) is 1. The van der Waals surface area contributed by atoms with Crippen molar-refractivity contribution in [1.82, 2.24) is 9.97 Å². The lowest BCUT2D eigenvalue weighted by Crippen LogP contribution is -2.08. The van der Waals surface area contributed by atoms with Crippen molar-refractivity contribution in [2.45, 2.75) is 31.6 Å². The number of hydrogen-bond donors (Lipinski definition) is 2. The maximum absolute atomic E-state index is 11.1. The van der Waals surface area contributed by atoms with Gasteiger partial charge in [-0.1, -0.05) is 30.3 Å². The summed E-state index contributed by atoms with van der Waals surface area (Å²) in [5, 5.41) is 9.12. The summed E-state index contributed by atoms with van der Waals surface area (Å²) >= 11 is 0. The van der Waals surface area contributed by atoms with Gasteiger partial charge in [-0.3, -0.25) is 4.79 Å². The van der Waals surface area contributed by atoms with Crippen LogP contribution < -0.4 is 0 Å². The molecule has 0 saturated carbocycles. The number of nitrogens with one attached hydrogen (secondary N) is 1. The topological polar surface area (TPSA) is 66.0 Å². The van der Waals surface area contributed by atoms with Crippen LogP contribution in [0.4, 0.5) is 0 Å². The van der Waals surface area contributed by atoms with Gasteiger partial charge in [0, 0.05) is 12.1 Å². The molecule has 0 bridgehead atoms. The summed E-state index contributed by atoms with van der Waals surface area (Å²) in [6.07, 6.45) is 3.21. The zero-order chi connectivity index (χ0) is 13.2. The highest BCUT2D eigenvalue weighted by Gasteiger charge is 2.31. The molecule has 1 heterocycles. The number of aromatic nitrogens is 2. The van der Waals surface area contributed by atoms with Gasteiger partial charge in [-0.2, -0.15) is 0 Å². The molecule has 0 saturated heterocycles. The van der Waals surface area contributed by atoms with Crippen molar-refractivity contribution in [3.63, 3.8) is 0 Å². The monoisotopic (exact) mass is 256 g/mol. The molecule has 19 heavy (non-hydrogen) atoms. The van der Waals surface area contributed by atoms with E-state index in [2.05, 4.69) is 22.1 Å². The van der Waals surface area contributed by atoms with Crippen LogP contribution in [0.15, 0.2) is 30.3 Å². The Morgan fingerprint density at radius 1 is 1.32 bits per heavy atom. The van der Waals surface area contributed by atoms with Crippen LogP contribution in [0.1, 0.15) is 35.1 Å². The molecule has 1 unspecified atom stereocenters. The number of aliphatic carboxylic acids is 1. The van der Waals surface area contributed by atoms with Crippen LogP contribution in [0.3, 0.4) is 0 Å². The highest BCUT2D eigenvalue weighted by atomic mass is 16.4. The largest absolute Gasteiger partial charge is 0.481 e. The van der Waals surface area contributed by atoms with E-state index in [0.29, 0.717) is 6.42 Å². The molecule has 4 heteroatoms. The van der Waals surface area contributed by atoms with Crippen LogP contribution in [-0.2, 0) is 24.1 Å². The van der Waals surface area contributed by atoms with E-state index in [1.54, 1.807) is 0 Å². The van der Waals surface area contributed by atoms with Gasteiger partial charge in [-0.15, -0.1) is 0 Å². The fraction of sp³-hybridized carbons (Fsp3) is 0.333. The number of rotatable bonds is 4. The molecule has 1 aromatic heterocycles. The van der Waals surface area contributed by atoms with Gasteiger partial charge in [0.1, 0.15) is 11.7 Å². The van der Waals surface area contributed by atoms with Crippen molar-refractivity contribution >= 4 is 5.97 Å². The Bertz CT molecular complexity index is 589. The quantitative estimate of drug-likeness (QED) is 0.882. The third kappa shape index (κ3) is 2.38. The SMILES string of the molecule is O=C(O)C1CCc2[nH]c(CCc3ccccc3)nc21. The van der Waals surface area contributed by atoms with Gasteiger partial charge in [-0.25, -0.2) is 4.98 Å². The van der Waals surface area contributed by atoms with Crippen molar-refractivity contribution < 1.29 is 9.90 Å². The zero-order valence-electron chi connectivity index (χ0n) is 10.6. The van der Waals surface area contributed by atoms with E-state index >= 15 is 0 Å². The number of carboxylic acids is 1. The molecule has 98 valence electrons. The number of carboxylic acid groups (broad SMARTS) is 1. The zero-order valence-corrected chi connectivity index (χ0v) is 10.6. The molecule has 2 aromatic rings. The molecule has 2 N–H and O–H groups in total. The highest BCUT2D eigenvalue weighted by molar-refractivity contribution is 5.76. The minimum atomic E-state index is -0.764. The lowest BCUT2D eigenvalue weighted by atomic mass is 10.1. The minimum Gasteiger partial charge on any atom is -0.481 e. The molecule has 0 aliphatic heterocycles. The molecule has 1 aliphatic rings. The van der Waals surface area contributed by atoms with Crippen LogP contribution in [0, 0.1) is 0 Å². The molecule has 1 atom stereocenters. The smallest absolute Gasteiger partial charge is 0.312 e. The molecular formula is C15H16N2O2. The van der Waals surface area contributed by atoms with Crippen LogP contribution in [0.25, 0.3) is 0 Å². The molecule has 0 spiro atoms. The van der Waals surface area contributed by atoms with Gasteiger partial charge in [0.25, 0.3) is 0 Å². The lowest BCUT2D eigenvalue weighted by Gasteiger charge is -2.02. The van der Waals surface area contributed by atoms with Gasteiger partial charge in [0.05, 0.1) is 5.69 Å². The number of fused-ring (bicyclic) bond motifs is 1. The van der Waals surface area contributed by atoms with Crippen LogP contribution >= 0.6 is 0 Å². The van der Waals surface area contributed by atoms with Crippen molar-refractivity contribution in [3.05, 3.63) is 53.1 Å². The number of aryl methyl sites for hydroxylation is 3. The predicted molar refractivity (Wildman–Crippen MR) is 71.1 cm³/mol. The van der Waals surface area contributed by atoms with Gasteiger partial charge >= 0.3 is 5.97 Å². The molecule has 4 nitrogen and oxygen atoms in total. The van der Waals surface area contributed by atoms with Crippen molar-refractivity contribution in [1.29, 1.82) is 0 Å². The third-order valence-electron chi connectivity index (χ3n) is 3.66. The molecule has 1 aromatic carbocycles. The van der Waals surface area contributed by atoms with E-state index in [0.717, 1.165) is 36.5 Å². The molecule has 1 aliphatic carbocycles. The molecule has 0 amide bonds. The summed E-state index contributed by atoms with van der Waals surface area (Å²) in [6.45, 7) is 0. The summed E-state index contributed by atoms with van der Waals surface area (Å²) in [5.74, 6) is -0.281. The van der Waals surface area contributed by atoms with E-state index < -0.39 is 11.9 Å². The number of imidazole rings is 1. The Labute approximate surface area is 111 Å². The number of H-pyrrole nitrogens is 1. The van der Waals surface area contributed by atoms with Gasteiger partial charge in [0.2, 0.25) is 0 Å². The maximum atomic E-state index is 11.1. The van der Waals surface area contributed by atoms with Crippen molar-refractivity contribution in [2.24, 2.45) is 0 Å². The summed E-state index contributed by atoms with van der Waals surface area (Å²) in [6, 6.07) is 10.2. The summed E-state index contributed by atoms with van der Waals surface area (Å²) < 4.78 is 0. The number of carbonyl (C=O) groups is 1. The first kappa shape index (κ1) is 12.0. The van der Waals surface area contributed by atoms with E-state index in [1.807, 2.05) is 18.2 Å². The highest BCUT2D eigenvalue weighted by Crippen LogP contribution is 2.31. The second-order valence-corrected chi connectivity index (χ2v) is 4.96. The van der Waals surface area contributed by atoms with E-state index in [9.17, 15) is 4.79 Å². The van der Waals surface area contributed by atoms with Gasteiger partial charge < -0.3 is 10.1 Å². The second kappa shape index (κ2) is 4.88. The summed E-state index contributed by atoms with van der Waals surface area (Å²) in [7, 11) is 0. The Balaban J connectivity index is 1.71. The molecular weight excluding hydrogens is 240 g/mol. The molecule has 0 radical (unpaired) electrons. The van der Waals surface area contributed by atoms with Gasteiger partial charge in [0.15, 0.2) is 0 Å². The first-order chi connectivity index (χ1) is 9.24. The van der Waals surface area contributed by atoms with Crippen molar-refractivity contribution in [2.75, 3.05) is 0 Å². The lowest BCUT2D eigenvalue weighted by molar-refractivity contribution is -0.138. The standard InChI is InChI=1S/C15H16N2O2/c18-15(19)11-7-8-12-14(11)17-13(16-12)9-6-10-4-2-1-3-5-10/h1-5,11H,6-9H2,(H,16,17)(H,18,19). The number of benzene rings is 1. The number of hydrogen-bond acceptors (Lipinski definition) is 2.